The molecule has 1 fully saturated rings. The number of hydrogen-bond donors (Lipinski definition) is 1. The number of amides is 2. The monoisotopic (exact) mass is 457 g/mol. The molecule has 0 radical (unpaired) electrons. The predicted octanol–water partition coefficient (Wildman–Crippen LogP) is 5.61. The molecule has 2 amide bonds. The molecule has 0 spiro atoms. The van der Waals surface area contributed by atoms with E-state index >= 15 is 0 Å². The summed E-state index contributed by atoms with van der Waals surface area (Å²) in [6.45, 7) is 4.55. The fourth-order valence-electron chi connectivity index (χ4n) is 4.15. The first-order valence-electron chi connectivity index (χ1n) is 11.0. The van der Waals surface area contributed by atoms with Crippen LogP contribution in [0, 0.1) is 6.92 Å². The molecule has 166 valence electrons. The van der Waals surface area contributed by atoms with Crippen LogP contribution in [0.5, 0.6) is 0 Å². The van der Waals surface area contributed by atoms with Crippen molar-refractivity contribution in [1.82, 2.24) is 15.1 Å². The lowest BCUT2D eigenvalue weighted by Crippen LogP contribution is -2.50. The molecule has 5 rings (SSSR count). The molecule has 0 unspecified atom stereocenters. The summed E-state index contributed by atoms with van der Waals surface area (Å²) >= 11 is 6.21. The number of nitrogens with zero attached hydrogens (tertiary/aromatic N) is 4. The first-order valence-corrected chi connectivity index (χ1v) is 11.4. The minimum Gasteiger partial charge on any atom is -0.352 e. The number of halogens is 1. The third-order valence-corrected chi connectivity index (χ3v) is 6.30. The van der Waals surface area contributed by atoms with Crippen molar-refractivity contribution in [2.75, 3.05) is 36.4 Å². The van der Waals surface area contributed by atoms with Gasteiger partial charge in [0, 0.05) is 31.7 Å². The number of fused-ring (bicyclic) bond motifs is 1. The lowest BCUT2D eigenvalue weighted by Gasteiger charge is -2.35. The highest BCUT2D eigenvalue weighted by atomic mass is 35.5. The Balaban J connectivity index is 1.24. The number of aromatic nitrogens is 2. The summed E-state index contributed by atoms with van der Waals surface area (Å²) in [4.78, 5) is 16.6. The van der Waals surface area contributed by atoms with E-state index in [2.05, 4.69) is 44.7 Å². The number of carbonyl (C=O) groups is 1. The van der Waals surface area contributed by atoms with Crippen LogP contribution in [0.3, 0.4) is 0 Å². The summed E-state index contributed by atoms with van der Waals surface area (Å²) in [7, 11) is 0. The highest BCUT2D eigenvalue weighted by molar-refractivity contribution is 6.33. The van der Waals surface area contributed by atoms with Gasteiger partial charge < -0.3 is 15.1 Å². The van der Waals surface area contributed by atoms with Crippen molar-refractivity contribution < 1.29 is 4.79 Å². The summed E-state index contributed by atoms with van der Waals surface area (Å²) in [6.07, 6.45) is 0. The van der Waals surface area contributed by atoms with E-state index < -0.39 is 0 Å². The Bertz CT molecular complexity index is 1290. The molecule has 1 aliphatic heterocycles. The molecule has 0 bridgehead atoms. The molecule has 1 saturated heterocycles. The Morgan fingerprint density at radius 2 is 1.70 bits per heavy atom. The molecule has 1 aliphatic rings. The summed E-state index contributed by atoms with van der Waals surface area (Å²) in [5.41, 5.74) is 3.61. The fraction of sp³-hybridized carbons (Fsp3) is 0.192. The second-order valence-electron chi connectivity index (χ2n) is 8.19. The molecule has 7 heteroatoms. The van der Waals surface area contributed by atoms with Crippen LogP contribution in [-0.4, -0.2) is 47.3 Å². The van der Waals surface area contributed by atoms with Gasteiger partial charge in [-0.15, -0.1) is 10.2 Å². The van der Waals surface area contributed by atoms with Crippen LogP contribution in [-0.2, 0) is 0 Å². The molecule has 3 aromatic carbocycles. The number of hydrogen-bond acceptors (Lipinski definition) is 4. The summed E-state index contributed by atoms with van der Waals surface area (Å²) in [5.74, 6) is 0.820. The van der Waals surface area contributed by atoms with Gasteiger partial charge in [0.1, 0.15) is 0 Å². The largest absolute Gasteiger partial charge is 0.352 e. The van der Waals surface area contributed by atoms with Crippen LogP contribution >= 0.6 is 11.6 Å². The summed E-state index contributed by atoms with van der Waals surface area (Å²) < 4.78 is 0. The van der Waals surface area contributed by atoms with Crippen LogP contribution in [0.1, 0.15) is 5.56 Å². The van der Waals surface area contributed by atoms with E-state index in [9.17, 15) is 4.79 Å². The average molecular weight is 458 g/mol. The Hall–Kier alpha value is -3.64. The van der Waals surface area contributed by atoms with Gasteiger partial charge in [0.15, 0.2) is 5.82 Å². The summed E-state index contributed by atoms with van der Waals surface area (Å²) in [6, 6.07) is 24.0. The maximum atomic E-state index is 12.7. The Morgan fingerprint density at radius 3 is 2.48 bits per heavy atom. The van der Waals surface area contributed by atoms with Gasteiger partial charge in [0.2, 0.25) is 0 Å². The highest BCUT2D eigenvalue weighted by Crippen LogP contribution is 2.28. The standard InChI is InChI=1S/C26H24ClN5O/c1-18-9-10-22(27)24(17-18)28-26(33)32-15-13-31(14-16-32)25-12-11-23(29-30-25)21-8-4-6-19-5-2-3-7-20(19)21/h2-12,17H,13-16H2,1H3,(H,28,33). The number of piperazine rings is 1. The number of carbonyl (C=O) groups excluding carboxylic acids is 1. The Morgan fingerprint density at radius 1 is 0.909 bits per heavy atom. The molecular weight excluding hydrogens is 434 g/mol. The number of urea groups is 1. The molecule has 0 aliphatic carbocycles. The minimum atomic E-state index is -0.139. The maximum absolute atomic E-state index is 12.7. The Labute approximate surface area is 197 Å². The first kappa shape index (κ1) is 21.2. The molecule has 33 heavy (non-hydrogen) atoms. The minimum absolute atomic E-state index is 0.139. The van der Waals surface area contributed by atoms with Gasteiger partial charge in [-0.3, -0.25) is 0 Å². The lowest BCUT2D eigenvalue weighted by molar-refractivity contribution is 0.208. The van der Waals surface area contributed by atoms with E-state index in [-0.39, 0.29) is 6.03 Å². The van der Waals surface area contributed by atoms with Gasteiger partial charge in [-0.1, -0.05) is 60.1 Å². The number of rotatable bonds is 3. The van der Waals surface area contributed by atoms with Crippen LogP contribution in [0.4, 0.5) is 16.3 Å². The quantitative estimate of drug-likeness (QED) is 0.434. The van der Waals surface area contributed by atoms with Crippen molar-refractivity contribution in [3.63, 3.8) is 0 Å². The first-order chi connectivity index (χ1) is 16.1. The third kappa shape index (κ3) is 4.47. The predicted molar refractivity (Wildman–Crippen MR) is 134 cm³/mol. The normalized spacial score (nSPS) is 13.9. The van der Waals surface area contributed by atoms with Gasteiger partial charge in [-0.2, -0.15) is 0 Å². The van der Waals surface area contributed by atoms with Crippen molar-refractivity contribution in [1.29, 1.82) is 0 Å². The van der Waals surface area contributed by atoms with E-state index in [1.54, 1.807) is 11.0 Å². The number of nitrogens with one attached hydrogen (secondary N) is 1. The summed E-state index contributed by atoms with van der Waals surface area (Å²) in [5, 5.41) is 14.8. The van der Waals surface area contributed by atoms with Crippen molar-refractivity contribution in [3.05, 3.63) is 83.4 Å². The van der Waals surface area contributed by atoms with Crippen molar-refractivity contribution >= 4 is 39.9 Å². The molecule has 6 nitrogen and oxygen atoms in total. The van der Waals surface area contributed by atoms with Crippen LogP contribution < -0.4 is 10.2 Å². The molecule has 2 heterocycles. The molecular formula is C26H24ClN5O. The van der Waals surface area contributed by atoms with Gasteiger partial charge >= 0.3 is 6.03 Å². The van der Waals surface area contributed by atoms with Gasteiger partial charge in [-0.25, -0.2) is 4.79 Å². The topological polar surface area (TPSA) is 61.4 Å². The van der Waals surface area contributed by atoms with E-state index in [4.69, 9.17) is 11.6 Å². The van der Waals surface area contributed by atoms with E-state index in [1.807, 2.05) is 49.4 Å². The smallest absolute Gasteiger partial charge is 0.322 e. The van der Waals surface area contributed by atoms with Crippen molar-refractivity contribution in [3.8, 4) is 11.3 Å². The molecule has 1 aromatic heterocycles. The number of benzene rings is 3. The van der Waals surface area contributed by atoms with Gasteiger partial charge in [0.05, 0.1) is 16.4 Å². The zero-order valence-corrected chi connectivity index (χ0v) is 19.1. The van der Waals surface area contributed by atoms with Gasteiger partial charge in [-0.05, 0) is 47.5 Å². The molecule has 1 N–H and O–H groups in total. The molecule has 0 saturated carbocycles. The second kappa shape index (κ2) is 9.08. The zero-order chi connectivity index (χ0) is 22.8. The number of aryl methyl sites for hydroxylation is 1. The van der Waals surface area contributed by atoms with Crippen molar-refractivity contribution in [2.24, 2.45) is 0 Å². The maximum Gasteiger partial charge on any atom is 0.322 e. The highest BCUT2D eigenvalue weighted by Gasteiger charge is 2.23. The van der Waals surface area contributed by atoms with E-state index in [1.165, 1.54) is 5.39 Å². The SMILES string of the molecule is Cc1ccc(Cl)c(NC(=O)N2CCN(c3ccc(-c4cccc5ccccc45)nn3)CC2)c1. The second-order valence-corrected chi connectivity index (χ2v) is 8.60. The van der Waals surface area contributed by atoms with Crippen LogP contribution in [0.2, 0.25) is 5.02 Å². The molecule has 0 atom stereocenters. The Kier molecular flexibility index (Phi) is 5.84. The average Bonchev–Trinajstić information content (AvgIpc) is 2.86. The van der Waals surface area contributed by atoms with Crippen LogP contribution in [0.15, 0.2) is 72.8 Å². The lowest BCUT2D eigenvalue weighted by atomic mass is 10.0. The van der Waals surface area contributed by atoms with Crippen molar-refractivity contribution in [2.45, 2.75) is 6.92 Å². The number of anilines is 2. The zero-order valence-electron chi connectivity index (χ0n) is 18.3. The fourth-order valence-corrected chi connectivity index (χ4v) is 4.32. The van der Waals surface area contributed by atoms with E-state index in [0.717, 1.165) is 28.0 Å². The third-order valence-electron chi connectivity index (χ3n) is 5.97. The van der Waals surface area contributed by atoms with E-state index in [0.29, 0.717) is 36.9 Å². The van der Waals surface area contributed by atoms with Crippen LogP contribution in [0.25, 0.3) is 22.0 Å². The van der Waals surface area contributed by atoms with Gasteiger partial charge in [0.25, 0.3) is 0 Å². The molecule has 4 aromatic rings.